The first-order valence-electron chi connectivity index (χ1n) is 23.2. The zero-order valence-electron chi connectivity index (χ0n) is 36.6. The number of rotatable bonds is 20. The molecule has 0 spiro atoms. The minimum atomic E-state index is -1.47. The van der Waals surface area contributed by atoms with Gasteiger partial charge in [0.15, 0.2) is 0 Å². The predicted molar refractivity (Wildman–Crippen MR) is 239 cm³/mol. The molecule has 7 atom stereocenters. The van der Waals surface area contributed by atoms with E-state index in [4.69, 9.17) is 28.9 Å². The van der Waals surface area contributed by atoms with Crippen molar-refractivity contribution in [2.24, 2.45) is 28.8 Å². The van der Waals surface area contributed by atoms with Crippen LogP contribution in [0.1, 0.15) is 99.7 Å². The van der Waals surface area contributed by atoms with Crippen molar-refractivity contribution in [2.45, 2.75) is 114 Å². The fraction of sp³-hybridized carbons (Fsp3) is 0.510. The highest BCUT2D eigenvalue weighted by Gasteiger charge is 2.66. The van der Waals surface area contributed by atoms with Gasteiger partial charge in [0.2, 0.25) is 18.0 Å². The van der Waals surface area contributed by atoms with Crippen molar-refractivity contribution >= 4 is 17.7 Å². The average Bonchev–Trinajstić information content (AvgIpc) is 4.17. The van der Waals surface area contributed by atoms with Crippen LogP contribution < -0.4 is 14.8 Å². The number of benzene rings is 3. The SMILES string of the molecule is C=CCO[C@@]12Oc3ccc(OC(=O)NCc4ccccc4)cc3[C@H]3[C@H](CCCCO)[C@@H](CCCCO)C=C(C(=NOC4CCCCO4)C[C@@H]1N(Cc1ccc(F)cc1)C(=O)C1CC1)[C@H]32. The van der Waals surface area contributed by atoms with E-state index in [-0.39, 0.29) is 68.2 Å². The maximum Gasteiger partial charge on any atom is 0.412 e. The van der Waals surface area contributed by atoms with Gasteiger partial charge in [0.1, 0.15) is 23.4 Å². The Bertz CT molecular complexity index is 2120. The highest BCUT2D eigenvalue weighted by atomic mass is 19.1. The molecule has 2 saturated carbocycles. The molecule has 13 heteroatoms. The molecule has 342 valence electrons. The summed E-state index contributed by atoms with van der Waals surface area (Å²) < 4.78 is 40.7. The van der Waals surface area contributed by atoms with Crippen LogP contribution in [0.2, 0.25) is 0 Å². The lowest BCUT2D eigenvalue weighted by Crippen LogP contribution is -2.70. The van der Waals surface area contributed by atoms with E-state index in [9.17, 15) is 24.2 Å². The minimum Gasteiger partial charge on any atom is -0.459 e. The maximum absolute atomic E-state index is 14.8. The molecule has 3 aromatic rings. The summed E-state index contributed by atoms with van der Waals surface area (Å²) in [6.45, 7) is 5.34. The zero-order chi connectivity index (χ0) is 44.5. The van der Waals surface area contributed by atoms with Crippen molar-refractivity contribution in [1.29, 1.82) is 0 Å². The van der Waals surface area contributed by atoms with E-state index in [0.29, 0.717) is 49.6 Å². The number of aliphatic hydroxyl groups is 2. The molecule has 3 N–H and O–H groups in total. The first-order valence-corrected chi connectivity index (χ1v) is 23.2. The van der Waals surface area contributed by atoms with Gasteiger partial charge in [-0.2, -0.15) is 0 Å². The van der Waals surface area contributed by atoms with Crippen LogP contribution in [0.3, 0.4) is 0 Å². The second-order valence-electron chi connectivity index (χ2n) is 17.8. The van der Waals surface area contributed by atoms with E-state index in [2.05, 4.69) is 18.0 Å². The Morgan fingerprint density at radius 3 is 2.45 bits per heavy atom. The van der Waals surface area contributed by atoms with Crippen molar-refractivity contribution in [3.05, 3.63) is 120 Å². The highest BCUT2D eigenvalue weighted by molar-refractivity contribution is 6.03. The van der Waals surface area contributed by atoms with E-state index in [0.717, 1.165) is 73.6 Å². The summed E-state index contributed by atoms with van der Waals surface area (Å²) in [5.41, 5.74) is 4.09. The summed E-state index contributed by atoms with van der Waals surface area (Å²) >= 11 is 0. The van der Waals surface area contributed by atoms with Crippen molar-refractivity contribution in [3.8, 4) is 11.5 Å². The van der Waals surface area contributed by atoms with Crippen LogP contribution in [0.15, 0.2) is 102 Å². The summed E-state index contributed by atoms with van der Waals surface area (Å²) in [5, 5.41) is 27.7. The molecule has 2 heterocycles. The molecule has 5 aliphatic rings. The second kappa shape index (κ2) is 21.3. The van der Waals surface area contributed by atoms with Crippen molar-refractivity contribution in [1.82, 2.24) is 10.2 Å². The van der Waals surface area contributed by atoms with E-state index < -0.39 is 30.1 Å². The van der Waals surface area contributed by atoms with Gasteiger partial charge in [0.05, 0.1) is 24.8 Å². The minimum absolute atomic E-state index is 0.0133. The first kappa shape index (κ1) is 45.5. The molecule has 64 heavy (non-hydrogen) atoms. The van der Waals surface area contributed by atoms with Crippen LogP contribution in [-0.4, -0.2) is 77.4 Å². The van der Waals surface area contributed by atoms with E-state index >= 15 is 0 Å². The van der Waals surface area contributed by atoms with Crippen molar-refractivity contribution < 1.29 is 48.0 Å². The van der Waals surface area contributed by atoms with Gasteiger partial charge in [0.25, 0.3) is 0 Å². The molecule has 1 saturated heterocycles. The van der Waals surface area contributed by atoms with Crippen LogP contribution in [-0.2, 0) is 32.2 Å². The highest BCUT2D eigenvalue weighted by Crippen LogP contribution is 2.62. The fourth-order valence-electron chi connectivity index (χ4n) is 10.2. The number of amides is 2. The Kier molecular flexibility index (Phi) is 15.1. The number of carbonyl (C=O) groups is 2. The van der Waals surface area contributed by atoms with Gasteiger partial charge in [-0.3, -0.25) is 4.79 Å². The maximum atomic E-state index is 14.8. The van der Waals surface area contributed by atoms with Gasteiger partial charge < -0.3 is 44.2 Å². The number of hydrogen-bond acceptors (Lipinski definition) is 10. The molecule has 3 aromatic carbocycles. The van der Waals surface area contributed by atoms with E-state index in [1.807, 2.05) is 47.4 Å². The van der Waals surface area contributed by atoms with Gasteiger partial charge in [-0.1, -0.05) is 72.6 Å². The Labute approximate surface area is 375 Å². The lowest BCUT2D eigenvalue weighted by Gasteiger charge is -2.60. The molecule has 0 bridgehead atoms. The number of halogens is 1. The Balaban J connectivity index is 1.28. The number of oxime groups is 1. The lowest BCUT2D eigenvalue weighted by molar-refractivity contribution is -0.258. The predicted octanol–water partition coefficient (Wildman–Crippen LogP) is 8.71. The molecular formula is C51H62FN3O9. The molecule has 0 radical (unpaired) electrons. The summed E-state index contributed by atoms with van der Waals surface area (Å²) in [5.74, 6) is -2.03. The van der Waals surface area contributed by atoms with Gasteiger partial charge in [-0.05, 0) is 110 Å². The number of nitrogens with one attached hydrogen (secondary N) is 1. The molecular weight excluding hydrogens is 818 g/mol. The summed E-state index contributed by atoms with van der Waals surface area (Å²) in [4.78, 5) is 36.3. The number of carbonyl (C=O) groups excluding carboxylic acids is 2. The number of aliphatic hydroxyl groups excluding tert-OH is 2. The molecule has 3 fully saturated rings. The van der Waals surface area contributed by atoms with Crippen LogP contribution in [0.25, 0.3) is 0 Å². The molecule has 12 nitrogen and oxygen atoms in total. The Hall–Kier alpha value is -5.08. The lowest BCUT2D eigenvalue weighted by atomic mass is 9.55. The summed E-state index contributed by atoms with van der Waals surface area (Å²) in [7, 11) is 0. The Morgan fingerprint density at radius 1 is 0.953 bits per heavy atom. The van der Waals surface area contributed by atoms with Crippen LogP contribution >= 0.6 is 0 Å². The number of hydrogen-bond donors (Lipinski definition) is 3. The molecule has 3 aliphatic carbocycles. The molecule has 1 unspecified atom stereocenters. The fourth-order valence-corrected chi connectivity index (χ4v) is 10.2. The quantitative estimate of drug-likeness (QED) is 0.0576. The van der Waals surface area contributed by atoms with E-state index in [1.54, 1.807) is 24.3 Å². The van der Waals surface area contributed by atoms with Crippen LogP contribution in [0.5, 0.6) is 11.5 Å². The smallest absolute Gasteiger partial charge is 0.412 e. The third kappa shape index (κ3) is 10.4. The summed E-state index contributed by atoms with van der Waals surface area (Å²) in [6.07, 6.45) is 11.6. The Morgan fingerprint density at radius 2 is 1.73 bits per heavy atom. The topological polar surface area (TPSA) is 148 Å². The summed E-state index contributed by atoms with van der Waals surface area (Å²) in [6, 6.07) is 20.5. The molecule has 8 rings (SSSR count). The van der Waals surface area contributed by atoms with Gasteiger partial charge in [-0.25, -0.2) is 9.18 Å². The monoisotopic (exact) mass is 879 g/mol. The first-order chi connectivity index (χ1) is 31.3. The zero-order valence-corrected chi connectivity index (χ0v) is 36.6. The number of fused-ring (bicyclic) bond motifs is 2. The number of nitrogens with zero attached hydrogens (tertiary/aromatic N) is 2. The van der Waals surface area contributed by atoms with Crippen LogP contribution in [0, 0.1) is 29.5 Å². The second-order valence-corrected chi connectivity index (χ2v) is 17.8. The molecule has 2 aliphatic heterocycles. The number of ether oxygens (including phenoxy) is 4. The van der Waals surface area contributed by atoms with Crippen molar-refractivity contribution in [3.63, 3.8) is 0 Å². The average molecular weight is 880 g/mol. The van der Waals surface area contributed by atoms with Gasteiger partial charge in [0, 0.05) is 56.5 Å². The normalized spacial score (nSPS) is 26.4. The van der Waals surface area contributed by atoms with Crippen molar-refractivity contribution in [2.75, 3.05) is 26.4 Å². The van der Waals surface area contributed by atoms with E-state index in [1.165, 1.54) is 12.1 Å². The van der Waals surface area contributed by atoms with Gasteiger partial charge >= 0.3 is 6.09 Å². The van der Waals surface area contributed by atoms with Crippen LogP contribution in [0.4, 0.5) is 9.18 Å². The standard InChI is InChI=1S/C51H62FN3O9/c1-2-27-61-51-45(55(49(58)36-19-20-36)33-35-17-21-38(52)22-18-35)31-43(54-64-46-16-8-11-28-60-46)41-29-37(14-6-9-25-56)40(15-7-10-26-57)47(48(41)51)42-30-39(23-24-44(42)63-51)62-50(59)53-32-34-12-4-3-5-13-34/h2-5,12-13,17-18,21-24,29-30,36-37,40,45-48,56-57H,1,6-11,14-16,19-20,25-28,31-33H2,(H,53,59)/t37-,40+,45-,46?,47+,48+,51+/m0/s1. The third-order valence-corrected chi connectivity index (χ3v) is 13.4. The number of unbranched alkanes of at least 4 members (excludes halogenated alkanes) is 2. The molecule has 2 amide bonds. The molecule has 0 aromatic heterocycles. The van der Waals surface area contributed by atoms with Gasteiger partial charge in [-0.15, -0.1) is 6.58 Å². The third-order valence-electron chi connectivity index (χ3n) is 13.4. The largest absolute Gasteiger partial charge is 0.459 e. The number of allylic oxidation sites excluding steroid dienone is 1.